The number of benzene rings is 1. The van der Waals surface area contributed by atoms with E-state index in [2.05, 4.69) is 5.32 Å². The Balaban J connectivity index is 2.06. The Bertz CT molecular complexity index is 813. The molecular weight excluding hydrogens is 400 g/mol. The first-order valence-corrected chi connectivity index (χ1v) is 12.1. The van der Waals surface area contributed by atoms with Crippen molar-refractivity contribution in [3.05, 3.63) is 35.9 Å². The average molecular weight is 430 g/mol. The Morgan fingerprint density at radius 2 is 1.79 bits per heavy atom. The van der Waals surface area contributed by atoms with Gasteiger partial charge in [-0.1, -0.05) is 30.3 Å². The molecule has 1 fully saturated rings. The average Bonchev–Trinajstić information content (AvgIpc) is 2.63. The summed E-state index contributed by atoms with van der Waals surface area (Å²) in [5.41, 5.74) is 0.799. The van der Waals surface area contributed by atoms with E-state index in [-0.39, 0.29) is 25.4 Å². The molecule has 0 bridgehead atoms. The predicted octanol–water partition coefficient (Wildman–Crippen LogP) is 3.66. The van der Waals surface area contributed by atoms with Crippen LogP contribution in [0.25, 0.3) is 0 Å². The SMILES string of the molecule is CC(F)(F)C1CCC(C(NC(=O)OCc2ccccc2)C(=O)C=S(C)(C)=O)CC1. The van der Waals surface area contributed by atoms with Gasteiger partial charge in [0.05, 0.1) is 6.04 Å². The summed E-state index contributed by atoms with van der Waals surface area (Å²) in [6.45, 7) is 0.960. The zero-order chi connectivity index (χ0) is 21.7. The Labute approximate surface area is 171 Å². The molecule has 1 aromatic rings. The number of carbonyl (C=O) groups is 2. The second-order valence-electron chi connectivity index (χ2n) is 8.08. The summed E-state index contributed by atoms with van der Waals surface area (Å²) in [6.07, 6.45) is 3.41. The number of nitrogens with one attached hydrogen (secondary N) is 1. The molecule has 8 heteroatoms. The maximum absolute atomic E-state index is 13.6. The van der Waals surface area contributed by atoms with Crippen LogP contribution in [-0.4, -0.2) is 45.9 Å². The third-order valence-electron chi connectivity index (χ3n) is 5.15. The van der Waals surface area contributed by atoms with Gasteiger partial charge in [0, 0.05) is 23.8 Å². The molecular formula is C21H29F2NO4S. The lowest BCUT2D eigenvalue weighted by Gasteiger charge is -2.35. The van der Waals surface area contributed by atoms with Crippen molar-refractivity contribution in [2.24, 2.45) is 11.8 Å². The largest absolute Gasteiger partial charge is 0.445 e. The number of amides is 1. The van der Waals surface area contributed by atoms with Crippen molar-refractivity contribution in [1.82, 2.24) is 5.32 Å². The van der Waals surface area contributed by atoms with Crippen molar-refractivity contribution in [2.75, 3.05) is 12.5 Å². The topological polar surface area (TPSA) is 72.5 Å². The first kappa shape index (κ1) is 23.3. The van der Waals surface area contributed by atoms with Crippen molar-refractivity contribution in [3.8, 4) is 0 Å². The molecule has 1 atom stereocenters. The number of ketones is 1. The fourth-order valence-electron chi connectivity index (χ4n) is 3.63. The van der Waals surface area contributed by atoms with Crippen molar-refractivity contribution in [2.45, 2.75) is 51.2 Å². The highest BCUT2D eigenvalue weighted by Crippen LogP contribution is 2.39. The van der Waals surface area contributed by atoms with Crippen LogP contribution in [0.15, 0.2) is 30.3 Å². The van der Waals surface area contributed by atoms with Gasteiger partial charge in [-0.25, -0.2) is 13.6 Å². The number of alkyl halides is 2. The maximum Gasteiger partial charge on any atom is 0.408 e. The standard InChI is InChI=1S/C21H29F2NO4S/c1-21(22,23)17-11-9-16(10-12-17)19(18(25)14-29(2,3)27)24-20(26)28-13-15-7-5-4-6-8-15/h4-8,14,16-17,19H,9-13H2,1-3H3,(H,24,26). The molecule has 1 unspecified atom stereocenters. The minimum atomic E-state index is -2.76. The van der Waals surface area contributed by atoms with Crippen LogP contribution in [0.1, 0.15) is 38.2 Å². The van der Waals surface area contributed by atoms with Crippen LogP contribution < -0.4 is 5.32 Å². The molecule has 1 N–H and O–H groups in total. The van der Waals surface area contributed by atoms with Crippen LogP contribution in [-0.2, 0) is 25.7 Å². The van der Waals surface area contributed by atoms with Crippen LogP contribution in [0.5, 0.6) is 0 Å². The Hall–Kier alpha value is -1.96. The first-order valence-electron chi connectivity index (χ1n) is 9.63. The third-order valence-corrected chi connectivity index (χ3v) is 5.95. The van der Waals surface area contributed by atoms with Crippen LogP contribution in [0.2, 0.25) is 0 Å². The smallest absolute Gasteiger partial charge is 0.408 e. The van der Waals surface area contributed by atoms with Gasteiger partial charge in [0.2, 0.25) is 5.92 Å². The Morgan fingerprint density at radius 3 is 2.31 bits per heavy atom. The molecule has 1 aromatic carbocycles. The molecule has 1 saturated carbocycles. The molecule has 0 heterocycles. The third kappa shape index (κ3) is 7.76. The van der Waals surface area contributed by atoms with Gasteiger partial charge in [-0.2, -0.15) is 0 Å². The maximum atomic E-state index is 13.6. The summed E-state index contributed by atoms with van der Waals surface area (Å²) in [4.78, 5) is 25.0. The highest BCUT2D eigenvalue weighted by Gasteiger charge is 2.40. The van der Waals surface area contributed by atoms with Gasteiger partial charge in [-0.05, 0) is 53.6 Å². The first-order chi connectivity index (χ1) is 13.5. The lowest BCUT2D eigenvalue weighted by Crippen LogP contribution is -2.48. The van der Waals surface area contributed by atoms with Gasteiger partial charge in [-0.15, -0.1) is 0 Å². The van der Waals surface area contributed by atoms with Crippen LogP contribution in [0.4, 0.5) is 13.6 Å². The van der Waals surface area contributed by atoms with Gasteiger partial charge in [0.25, 0.3) is 0 Å². The lowest BCUT2D eigenvalue weighted by atomic mass is 9.75. The Kier molecular flexibility index (Phi) is 7.80. The highest BCUT2D eigenvalue weighted by molar-refractivity contribution is 8.01. The molecule has 0 radical (unpaired) electrons. The van der Waals surface area contributed by atoms with E-state index in [9.17, 15) is 22.6 Å². The normalized spacial score (nSPS) is 21.1. The van der Waals surface area contributed by atoms with E-state index < -0.39 is 39.3 Å². The molecule has 1 aliphatic carbocycles. The summed E-state index contributed by atoms with van der Waals surface area (Å²) in [5.74, 6) is -4.27. The van der Waals surface area contributed by atoms with Gasteiger partial charge in [-0.3, -0.25) is 9.00 Å². The van der Waals surface area contributed by atoms with Crippen molar-refractivity contribution in [3.63, 3.8) is 0 Å². The molecule has 162 valence electrons. The summed E-state index contributed by atoms with van der Waals surface area (Å²) in [7, 11) is -2.47. The van der Waals surface area contributed by atoms with E-state index in [1.165, 1.54) is 12.5 Å². The van der Waals surface area contributed by atoms with Crippen molar-refractivity contribution < 1.29 is 27.3 Å². The summed E-state index contributed by atoms with van der Waals surface area (Å²) >= 11 is 0. The monoisotopic (exact) mass is 429 g/mol. The van der Waals surface area contributed by atoms with E-state index in [1.807, 2.05) is 18.2 Å². The molecule has 0 saturated heterocycles. The van der Waals surface area contributed by atoms with Gasteiger partial charge in [0.1, 0.15) is 6.61 Å². The molecule has 1 aliphatic rings. The second kappa shape index (κ2) is 9.69. The van der Waals surface area contributed by atoms with E-state index in [1.54, 1.807) is 12.1 Å². The van der Waals surface area contributed by atoms with Crippen molar-refractivity contribution in [1.29, 1.82) is 0 Å². The predicted molar refractivity (Wildman–Crippen MR) is 111 cm³/mol. The highest BCUT2D eigenvalue weighted by atomic mass is 32.2. The molecule has 0 spiro atoms. The minimum Gasteiger partial charge on any atom is -0.445 e. The number of halogens is 2. The minimum absolute atomic E-state index is 0.0460. The molecule has 2 rings (SSSR count). The lowest BCUT2D eigenvalue weighted by molar-refractivity contribution is -0.116. The summed E-state index contributed by atoms with van der Waals surface area (Å²) in [5, 5.41) is 3.70. The fraction of sp³-hybridized carbons (Fsp3) is 0.571. The number of rotatable bonds is 7. The summed E-state index contributed by atoms with van der Waals surface area (Å²) in [6, 6.07) is 8.15. The molecule has 0 aromatic heterocycles. The van der Waals surface area contributed by atoms with E-state index in [0.29, 0.717) is 12.8 Å². The van der Waals surface area contributed by atoms with Crippen LogP contribution in [0.3, 0.4) is 0 Å². The molecule has 5 nitrogen and oxygen atoms in total. The molecule has 1 amide bonds. The van der Waals surface area contributed by atoms with E-state index in [4.69, 9.17) is 4.74 Å². The second-order valence-corrected chi connectivity index (χ2v) is 10.9. The Morgan fingerprint density at radius 1 is 1.21 bits per heavy atom. The fourth-order valence-corrected chi connectivity index (χ4v) is 4.33. The number of hydrogen-bond donors (Lipinski definition) is 1. The summed E-state index contributed by atoms with van der Waals surface area (Å²) < 4.78 is 44.4. The van der Waals surface area contributed by atoms with E-state index in [0.717, 1.165) is 17.9 Å². The van der Waals surface area contributed by atoms with Crippen LogP contribution >= 0.6 is 0 Å². The van der Waals surface area contributed by atoms with Gasteiger partial charge >= 0.3 is 6.09 Å². The number of Topliss-reactive ketones (excluding diaryl/α,β-unsaturated/α-hetero) is 1. The number of hydrogen-bond acceptors (Lipinski definition) is 4. The number of carbonyl (C=O) groups excluding carboxylic acids is 2. The molecule has 0 aliphatic heterocycles. The number of ether oxygens (including phenoxy) is 1. The van der Waals surface area contributed by atoms with Crippen molar-refractivity contribution >= 4 is 26.8 Å². The quantitative estimate of drug-likeness (QED) is 0.672. The van der Waals surface area contributed by atoms with Crippen LogP contribution in [0, 0.1) is 11.8 Å². The van der Waals surface area contributed by atoms with Gasteiger partial charge < -0.3 is 10.1 Å². The van der Waals surface area contributed by atoms with E-state index >= 15 is 0 Å². The zero-order valence-corrected chi connectivity index (χ0v) is 17.8. The van der Waals surface area contributed by atoms with Gasteiger partial charge in [0.15, 0.2) is 5.78 Å². The zero-order valence-electron chi connectivity index (χ0n) is 17.0. The number of alkyl carbamates (subject to hydrolysis) is 1. The molecule has 29 heavy (non-hydrogen) atoms.